The van der Waals surface area contributed by atoms with E-state index in [4.69, 9.17) is 0 Å². The first-order chi connectivity index (χ1) is 9.63. The number of hydrogen-bond donors (Lipinski definition) is 1. The Labute approximate surface area is 136 Å². The van der Waals surface area contributed by atoms with Gasteiger partial charge >= 0.3 is 0 Å². The number of nitrogens with one attached hydrogen (secondary N) is 1. The third-order valence-electron chi connectivity index (χ3n) is 4.10. The van der Waals surface area contributed by atoms with Crippen molar-refractivity contribution in [3.05, 3.63) is 32.7 Å². The summed E-state index contributed by atoms with van der Waals surface area (Å²) in [5.41, 5.74) is 0.706. The van der Waals surface area contributed by atoms with E-state index in [1.165, 1.54) is 12.8 Å². The second kappa shape index (κ2) is 6.16. The monoisotopic (exact) mass is 400 g/mol. The molecule has 3 rings (SSSR count). The highest BCUT2D eigenvalue weighted by Crippen LogP contribution is 2.29. The van der Waals surface area contributed by atoms with E-state index in [2.05, 4.69) is 42.1 Å². The van der Waals surface area contributed by atoms with Crippen LogP contribution in [0.15, 0.2) is 27.1 Å². The van der Waals surface area contributed by atoms with Crippen LogP contribution in [-0.2, 0) is 0 Å². The van der Waals surface area contributed by atoms with Crippen LogP contribution in [0.5, 0.6) is 0 Å². The van der Waals surface area contributed by atoms with Crippen molar-refractivity contribution >= 4 is 37.8 Å². The number of carbonyl (C=O) groups is 1. The summed E-state index contributed by atoms with van der Waals surface area (Å²) in [6.07, 6.45) is 4.86. The Morgan fingerprint density at radius 1 is 1.15 bits per heavy atom. The molecule has 1 aliphatic carbocycles. The number of likely N-dealkylation sites (tertiary alicyclic amines) is 1. The molecule has 1 aromatic carbocycles. The number of amides is 1. The molecule has 108 valence electrons. The minimum Gasteiger partial charge on any atom is -0.349 e. The zero-order valence-corrected chi connectivity index (χ0v) is 14.4. The van der Waals surface area contributed by atoms with Gasteiger partial charge < -0.3 is 10.2 Å². The van der Waals surface area contributed by atoms with Gasteiger partial charge in [-0.05, 0) is 59.8 Å². The summed E-state index contributed by atoms with van der Waals surface area (Å²) in [4.78, 5) is 14.9. The highest BCUT2D eigenvalue weighted by atomic mass is 79.9. The minimum atomic E-state index is 0.0225. The molecule has 1 saturated carbocycles. The van der Waals surface area contributed by atoms with Crippen LogP contribution in [0, 0.1) is 0 Å². The van der Waals surface area contributed by atoms with Gasteiger partial charge in [0.1, 0.15) is 0 Å². The summed E-state index contributed by atoms with van der Waals surface area (Å²) in [5.74, 6) is 0.0225. The Kier molecular flexibility index (Phi) is 4.48. The van der Waals surface area contributed by atoms with Gasteiger partial charge in [0, 0.05) is 34.1 Å². The molecule has 2 fully saturated rings. The molecule has 20 heavy (non-hydrogen) atoms. The number of hydrogen-bond acceptors (Lipinski definition) is 2. The van der Waals surface area contributed by atoms with Gasteiger partial charge in [-0.1, -0.05) is 15.9 Å². The Bertz CT molecular complexity index is 509. The van der Waals surface area contributed by atoms with Crippen LogP contribution in [0.1, 0.15) is 36.0 Å². The molecule has 0 atom stereocenters. The molecule has 1 aliphatic heterocycles. The zero-order valence-electron chi connectivity index (χ0n) is 11.2. The summed E-state index contributed by atoms with van der Waals surface area (Å²) >= 11 is 6.85. The molecule has 2 aliphatic rings. The van der Waals surface area contributed by atoms with Crippen molar-refractivity contribution in [3.8, 4) is 0 Å². The fourth-order valence-corrected chi connectivity index (χ4v) is 4.01. The molecule has 0 aromatic heterocycles. The highest BCUT2D eigenvalue weighted by molar-refractivity contribution is 9.11. The molecule has 1 aromatic rings. The highest BCUT2D eigenvalue weighted by Gasteiger charge is 2.32. The summed E-state index contributed by atoms with van der Waals surface area (Å²) in [5, 5.41) is 3.16. The topological polar surface area (TPSA) is 32.3 Å². The van der Waals surface area contributed by atoms with Gasteiger partial charge in [0.05, 0.1) is 5.56 Å². The van der Waals surface area contributed by atoms with Crippen LogP contribution < -0.4 is 5.32 Å². The van der Waals surface area contributed by atoms with Crippen LogP contribution in [0.2, 0.25) is 0 Å². The van der Waals surface area contributed by atoms with E-state index in [0.717, 1.165) is 40.9 Å². The van der Waals surface area contributed by atoms with Crippen LogP contribution in [0.25, 0.3) is 0 Å². The third-order valence-corrected chi connectivity index (χ3v) is 5.25. The second-order valence-electron chi connectivity index (χ2n) is 5.64. The normalized spacial score (nSPS) is 20.9. The van der Waals surface area contributed by atoms with E-state index in [-0.39, 0.29) is 5.91 Å². The maximum absolute atomic E-state index is 12.3. The molecular weight excluding hydrogens is 384 g/mol. The van der Waals surface area contributed by atoms with E-state index >= 15 is 0 Å². The Morgan fingerprint density at radius 2 is 1.85 bits per heavy atom. The van der Waals surface area contributed by atoms with Crippen molar-refractivity contribution in [3.63, 3.8) is 0 Å². The van der Waals surface area contributed by atoms with Gasteiger partial charge in [0.25, 0.3) is 5.91 Å². The van der Waals surface area contributed by atoms with E-state index in [1.54, 1.807) is 0 Å². The minimum absolute atomic E-state index is 0.0225. The van der Waals surface area contributed by atoms with E-state index in [0.29, 0.717) is 11.6 Å². The van der Waals surface area contributed by atoms with Crippen molar-refractivity contribution in [1.29, 1.82) is 0 Å². The Balaban J connectivity index is 1.56. The van der Waals surface area contributed by atoms with Crippen molar-refractivity contribution in [1.82, 2.24) is 10.2 Å². The molecule has 1 N–H and O–H groups in total. The summed E-state index contributed by atoms with van der Waals surface area (Å²) in [7, 11) is 0. The molecule has 0 spiro atoms. The molecule has 3 nitrogen and oxygen atoms in total. The van der Waals surface area contributed by atoms with Crippen LogP contribution in [-0.4, -0.2) is 36.0 Å². The first-order valence-corrected chi connectivity index (χ1v) is 8.72. The van der Waals surface area contributed by atoms with Crippen molar-refractivity contribution in [2.24, 2.45) is 0 Å². The standard InChI is InChI=1S/C15H18Br2N2O/c16-10-1-4-13(14(17)9-10)15(20)18-11-5-7-19(8-6-11)12-2-3-12/h1,4,9,11-12H,2-3,5-8H2,(H,18,20). The number of benzene rings is 1. The number of nitrogens with zero attached hydrogens (tertiary/aromatic N) is 1. The number of rotatable bonds is 3. The first kappa shape index (κ1) is 14.5. The molecule has 5 heteroatoms. The predicted octanol–water partition coefficient (Wildman–Crippen LogP) is 3.57. The van der Waals surface area contributed by atoms with Crippen LogP contribution in [0.3, 0.4) is 0 Å². The first-order valence-electron chi connectivity index (χ1n) is 7.13. The lowest BCUT2D eigenvalue weighted by Crippen LogP contribution is -2.45. The Morgan fingerprint density at radius 3 is 2.45 bits per heavy atom. The molecule has 0 radical (unpaired) electrons. The van der Waals surface area contributed by atoms with E-state index in [1.807, 2.05) is 18.2 Å². The maximum Gasteiger partial charge on any atom is 0.252 e. The van der Waals surface area contributed by atoms with Crippen molar-refractivity contribution < 1.29 is 4.79 Å². The Hall–Kier alpha value is -0.390. The second-order valence-corrected chi connectivity index (χ2v) is 7.41. The van der Waals surface area contributed by atoms with Crippen LogP contribution in [0.4, 0.5) is 0 Å². The smallest absolute Gasteiger partial charge is 0.252 e. The lowest BCUT2D eigenvalue weighted by molar-refractivity contribution is 0.0908. The van der Waals surface area contributed by atoms with Gasteiger partial charge in [0.15, 0.2) is 0 Å². The van der Waals surface area contributed by atoms with Gasteiger partial charge in [-0.25, -0.2) is 0 Å². The lowest BCUT2D eigenvalue weighted by atomic mass is 10.0. The maximum atomic E-state index is 12.3. The molecular formula is C15H18Br2N2O. The number of halogens is 2. The van der Waals surface area contributed by atoms with Crippen molar-refractivity contribution in [2.45, 2.75) is 37.8 Å². The summed E-state index contributed by atoms with van der Waals surface area (Å²) < 4.78 is 1.80. The third kappa shape index (κ3) is 3.43. The van der Waals surface area contributed by atoms with Gasteiger partial charge in [0.2, 0.25) is 0 Å². The lowest BCUT2D eigenvalue weighted by Gasteiger charge is -2.32. The van der Waals surface area contributed by atoms with E-state index < -0.39 is 0 Å². The average molecular weight is 402 g/mol. The number of carbonyl (C=O) groups excluding carboxylic acids is 1. The molecule has 0 unspecified atom stereocenters. The average Bonchev–Trinajstić information content (AvgIpc) is 3.23. The fourth-order valence-electron chi connectivity index (χ4n) is 2.79. The quantitative estimate of drug-likeness (QED) is 0.839. The van der Waals surface area contributed by atoms with Crippen molar-refractivity contribution in [2.75, 3.05) is 13.1 Å². The molecule has 1 amide bonds. The van der Waals surface area contributed by atoms with Crippen LogP contribution >= 0.6 is 31.9 Å². The van der Waals surface area contributed by atoms with Gasteiger partial charge in [-0.2, -0.15) is 0 Å². The zero-order chi connectivity index (χ0) is 14.1. The SMILES string of the molecule is O=C(NC1CCN(C2CC2)CC1)c1ccc(Br)cc1Br. The molecule has 1 saturated heterocycles. The van der Waals surface area contributed by atoms with Gasteiger partial charge in [-0.15, -0.1) is 0 Å². The number of piperidine rings is 1. The molecule has 0 bridgehead atoms. The fraction of sp³-hybridized carbons (Fsp3) is 0.533. The largest absolute Gasteiger partial charge is 0.349 e. The predicted molar refractivity (Wildman–Crippen MR) is 86.9 cm³/mol. The summed E-state index contributed by atoms with van der Waals surface area (Å²) in [6.45, 7) is 2.24. The van der Waals surface area contributed by atoms with Gasteiger partial charge in [-0.3, -0.25) is 4.79 Å². The van der Waals surface area contributed by atoms with E-state index in [9.17, 15) is 4.79 Å². The molecule has 1 heterocycles. The summed E-state index contributed by atoms with van der Waals surface area (Å²) in [6, 6.07) is 6.81.